The minimum atomic E-state index is -0.609. The summed E-state index contributed by atoms with van der Waals surface area (Å²) in [5, 5.41) is 12.2. The van der Waals surface area contributed by atoms with Gasteiger partial charge >= 0.3 is 0 Å². The van der Waals surface area contributed by atoms with E-state index >= 15 is 0 Å². The number of aromatic nitrogens is 2. The number of hydrogen-bond acceptors (Lipinski definition) is 5. The zero-order valence-electron chi connectivity index (χ0n) is 13.7. The van der Waals surface area contributed by atoms with Crippen LogP contribution in [0.2, 0.25) is 5.02 Å². The van der Waals surface area contributed by atoms with Crippen molar-refractivity contribution < 1.29 is 13.6 Å². The Bertz CT molecular complexity index is 908. The summed E-state index contributed by atoms with van der Waals surface area (Å²) in [4.78, 5) is 14.4. The number of hydrogen-bond donors (Lipinski definition) is 0. The minimum Gasteiger partial charge on any atom is -0.420 e. The number of halogens is 2. The molecule has 0 bridgehead atoms. The third kappa shape index (κ3) is 3.24. The number of carbonyl (C=O) groups excluding carboxylic acids is 1. The average molecular weight is 392 g/mol. The van der Waals surface area contributed by atoms with Gasteiger partial charge in [-0.2, -0.15) is 11.3 Å². The Kier molecular flexibility index (Phi) is 4.74. The van der Waals surface area contributed by atoms with Crippen LogP contribution < -0.4 is 0 Å². The van der Waals surface area contributed by atoms with Crippen molar-refractivity contribution in [3.05, 3.63) is 57.3 Å². The summed E-state index contributed by atoms with van der Waals surface area (Å²) in [7, 11) is 0. The Morgan fingerprint density at radius 1 is 1.35 bits per heavy atom. The van der Waals surface area contributed by atoms with Gasteiger partial charge in [0.1, 0.15) is 5.82 Å². The summed E-state index contributed by atoms with van der Waals surface area (Å²) in [6, 6.07) is 6.16. The number of piperidine rings is 1. The van der Waals surface area contributed by atoms with Gasteiger partial charge in [0.25, 0.3) is 5.91 Å². The molecule has 3 aromatic rings. The van der Waals surface area contributed by atoms with E-state index in [9.17, 15) is 9.18 Å². The van der Waals surface area contributed by atoms with Gasteiger partial charge in [-0.05, 0) is 36.4 Å². The Balaban J connectivity index is 1.54. The molecule has 3 heterocycles. The fraction of sp³-hybridized carbons (Fsp3) is 0.278. The van der Waals surface area contributed by atoms with Crippen molar-refractivity contribution in [2.45, 2.75) is 18.8 Å². The van der Waals surface area contributed by atoms with Crippen LogP contribution in [0.25, 0.3) is 11.5 Å². The molecule has 1 fully saturated rings. The van der Waals surface area contributed by atoms with E-state index in [0.29, 0.717) is 24.9 Å². The fourth-order valence-electron chi connectivity index (χ4n) is 3.13. The molecule has 5 nitrogen and oxygen atoms in total. The number of thiophene rings is 1. The highest BCUT2D eigenvalue weighted by Gasteiger charge is 2.31. The van der Waals surface area contributed by atoms with E-state index in [-0.39, 0.29) is 16.5 Å². The van der Waals surface area contributed by atoms with Crippen LogP contribution in [0.1, 0.15) is 35.0 Å². The lowest BCUT2D eigenvalue weighted by molar-refractivity contribution is 0.0694. The van der Waals surface area contributed by atoms with Crippen LogP contribution in [0.15, 0.2) is 39.4 Å². The van der Waals surface area contributed by atoms with Crippen LogP contribution in [0.4, 0.5) is 4.39 Å². The summed E-state index contributed by atoms with van der Waals surface area (Å²) < 4.78 is 19.9. The Morgan fingerprint density at radius 2 is 2.23 bits per heavy atom. The van der Waals surface area contributed by atoms with E-state index in [1.807, 2.05) is 16.8 Å². The third-order valence-corrected chi connectivity index (χ3v) is 5.44. The van der Waals surface area contributed by atoms with Gasteiger partial charge in [0, 0.05) is 24.0 Å². The summed E-state index contributed by atoms with van der Waals surface area (Å²) in [5.74, 6) is -0.110. The van der Waals surface area contributed by atoms with Crippen LogP contribution in [0, 0.1) is 5.82 Å². The number of rotatable bonds is 3. The fourth-order valence-corrected chi connectivity index (χ4v) is 4.00. The highest BCUT2D eigenvalue weighted by molar-refractivity contribution is 7.08. The topological polar surface area (TPSA) is 59.2 Å². The van der Waals surface area contributed by atoms with Crippen molar-refractivity contribution in [3.63, 3.8) is 0 Å². The monoisotopic (exact) mass is 391 g/mol. The maximum Gasteiger partial charge on any atom is 0.258 e. The van der Waals surface area contributed by atoms with E-state index in [4.69, 9.17) is 16.0 Å². The Morgan fingerprint density at radius 3 is 3.00 bits per heavy atom. The second-order valence-corrected chi connectivity index (χ2v) is 7.33. The highest BCUT2D eigenvalue weighted by atomic mass is 35.5. The smallest absolute Gasteiger partial charge is 0.258 e. The van der Waals surface area contributed by atoms with E-state index in [1.54, 1.807) is 16.2 Å². The molecule has 0 N–H and O–H groups in total. The molecule has 134 valence electrons. The van der Waals surface area contributed by atoms with E-state index < -0.39 is 11.7 Å². The van der Waals surface area contributed by atoms with E-state index in [1.165, 1.54) is 18.2 Å². The average Bonchev–Trinajstić information content (AvgIpc) is 3.33. The van der Waals surface area contributed by atoms with E-state index in [2.05, 4.69) is 10.2 Å². The van der Waals surface area contributed by atoms with Gasteiger partial charge in [-0.3, -0.25) is 4.79 Å². The molecule has 2 aromatic heterocycles. The van der Waals surface area contributed by atoms with Gasteiger partial charge in [0.15, 0.2) is 0 Å². The minimum absolute atomic E-state index is 0.0712. The molecule has 26 heavy (non-hydrogen) atoms. The van der Waals surface area contributed by atoms with Crippen LogP contribution >= 0.6 is 22.9 Å². The van der Waals surface area contributed by atoms with Crippen molar-refractivity contribution >= 4 is 28.8 Å². The lowest BCUT2D eigenvalue weighted by Gasteiger charge is -2.31. The first-order chi connectivity index (χ1) is 12.6. The lowest BCUT2D eigenvalue weighted by atomic mass is 9.97. The molecule has 0 aliphatic carbocycles. The van der Waals surface area contributed by atoms with Crippen LogP contribution in [0.5, 0.6) is 0 Å². The predicted molar refractivity (Wildman–Crippen MR) is 96.9 cm³/mol. The van der Waals surface area contributed by atoms with Crippen molar-refractivity contribution in [1.82, 2.24) is 15.1 Å². The summed E-state index contributed by atoms with van der Waals surface area (Å²) in [6.45, 7) is 0.945. The van der Waals surface area contributed by atoms with Crippen molar-refractivity contribution in [1.29, 1.82) is 0 Å². The van der Waals surface area contributed by atoms with Gasteiger partial charge < -0.3 is 9.32 Å². The van der Waals surface area contributed by atoms with Gasteiger partial charge in [-0.15, -0.1) is 10.2 Å². The number of amides is 1. The van der Waals surface area contributed by atoms with Crippen LogP contribution in [-0.2, 0) is 0 Å². The summed E-state index contributed by atoms with van der Waals surface area (Å²) >= 11 is 7.59. The van der Waals surface area contributed by atoms with Crippen LogP contribution in [0.3, 0.4) is 0 Å². The van der Waals surface area contributed by atoms with Crippen molar-refractivity contribution in [2.75, 3.05) is 13.1 Å². The first kappa shape index (κ1) is 17.2. The molecule has 1 unspecified atom stereocenters. The molecule has 1 aliphatic rings. The van der Waals surface area contributed by atoms with Gasteiger partial charge in [-0.1, -0.05) is 17.7 Å². The molecular weight excluding hydrogens is 377 g/mol. The SMILES string of the molecule is O=C(c1c(F)cccc1Cl)N1CCCC(c2nnc(-c3ccsc3)o2)C1. The second kappa shape index (κ2) is 7.17. The molecule has 0 saturated carbocycles. The second-order valence-electron chi connectivity index (χ2n) is 6.14. The maximum atomic E-state index is 14.1. The third-order valence-electron chi connectivity index (χ3n) is 4.44. The standard InChI is InChI=1S/C18H15ClFN3O2S/c19-13-4-1-5-14(20)15(13)18(24)23-7-2-3-11(9-23)16-21-22-17(25-16)12-6-8-26-10-12/h1,4-6,8,10-11H,2-3,7,9H2. The lowest BCUT2D eigenvalue weighted by Crippen LogP contribution is -2.39. The van der Waals surface area contributed by atoms with Crippen LogP contribution in [-0.4, -0.2) is 34.1 Å². The zero-order chi connectivity index (χ0) is 18.1. The number of likely N-dealkylation sites (tertiary alicyclic amines) is 1. The molecule has 1 aromatic carbocycles. The molecule has 0 radical (unpaired) electrons. The maximum absolute atomic E-state index is 14.1. The number of benzene rings is 1. The van der Waals surface area contributed by atoms with Crippen molar-refractivity contribution in [3.8, 4) is 11.5 Å². The van der Waals surface area contributed by atoms with E-state index in [0.717, 1.165) is 18.4 Å². The van der Waals surface area contributed by atoms with Gasteiger partial charge in [0.05, 0.1) is 16.5 Å². The molecule has 8 heteroatoms. The molecule has 1 amide bonds. The summed E-state index contributed by atoms with van der Waals surface area (Å²) in [6.07, 6.45) is 1.61. The van der Waals surface area contributed by atoms with Gasteiger partial charge in [0.2, 0.25) is 11.8 Å². The zero-order valence-corrected chi connectivity index (χ0v) is 15.3. The summed E-state index contributed by atoms with van der Waals surface area (Å²) in [5.41, 5.74) is 0.801. The molecule has 4 rings (SSSR count). The predicted octanol–water partition coefficient (Wildman–Crippen LogP) is 4.61. The Hall–Kier alpha value is -2.25. The molecule has 1 saturated heterocycles. The molecular formula is C18H15ClFN3O2S. The number of nitrogens with zero attached hydrogens (tertiary/aromatic N) is 3. The van der Waals surface area contributed by atoms with Gasteiger partial charge in [-0.25, -0.2) is 4.39 Å². The highest BCUT2D eigenvalue weighted by Crippen LogP contribution is 2.31. The Labute approximate surface area is 158 Å². The number of carbonyl (C=O) groups is 1. The first-order valence-corrected chi connectivity index (χ1v) is 9.55. The molecule has 1 aliphatic heterocycles. The first-order valence-electron chi connectivity index (χ1n) is 8.22. The molecule has 1 atom stereocenters. The van der Waals surface area contributed by atoms with Crippen molar-refractivity contribution in [2.24, 2.45) is 0 Å². The normalized spacial score (nSPS) is 17.5. The largest absolute Gasteiger partial charge is 0.420 e. The quantitative estimate of drug-likeness (QED) is 0.654. The molecule has 0 spiro atoms.